The summed E-state index contributed by atoms with van der Waals surface area (Å²) in [5.41, 5.74) is 1.20. The van der Waals surface area contributed by atoms with E-state index < -0.39 is 11.9 Å². The first kappa shape index (κ1) is 16.0. The summed E-state index contributed by atoms with van der Waals surface area (Å²) in [6.07, 6.45) is -4.50. The number of alkyl halides is 3. The average molecular weight is 387 g/mol. The summed E-state index contributed by atoms with van der Waals surface area (Å²) < 4.78 is 40.2. The maximum Gasteiger partial charge on any atom is 0.433 e. The van der Waals surface area contributed by atoms with Crippen LogP contribution in [0.1, 0.15) is 16.8 Å². The van der Waals surface area contributed by atoms with E-state index >= 15 is 0 Å². The summed E-state index contributed by atoms with van der Waals surface area (Å²) >= 11 is 3.40. The van der Waals surface area contributed by atoms with Crippen LogP contribution in [0.25, 0.3) is 0 Å². The Kier molecular flexibility index (Phi) is 3.95. The van der Waals surface area contributed by atoms with Crippen molar-refractivity contribution in [3.05, 3.63) is 45.6 Å². The molecular weight excluding hydrogens is 373 g/mol. The summed E-state index contributed by atoms with van der Waals surface area (Å²) in [5, 5.41) is 0. The maximum atomic E-state index is 13.1. The molecule has 1 aliphatic rings. The minimum Gasteiger partial charge on any atom is -0.363 e. The van der Waals surface area contributed by atoms with Crippen molar-refractivity contribution >= 4 is 27.7 Å². The van der Waals surface area contributed by atoms with Crippen molar-refractivity contribution < 1.29 is 13.2 Å². The van der Waals surface area contributed by atoms with Gasteiger partial charge in [-0.05, 0) is 23.3 Å². The molecule has 1 aliphatic heterocycles. The fourth-order valence-corrected chi connectivity index (χ4v) is 2.85. The lowest BCUT2D eigenvalue weighted by atomic mass is 10.1. The number of hydrogen-bond acceptors (Lipinski definition) is 4. The number of nitrogens with zero attached hydrogens (tertiary/aromatic N) is 4. The van der Waals surface area contributed by atoms with Gasteiger partial charge in [0.05, 0.1) is 0 Å². The van der Waals surface area contributed by atoms with Crippen molar-refractivity contribution in [2.24, 2.45) is 0 Å². The molecule has 0 bridgehead atoms. The summed E-state index contributed by atoms with van der Waals surface area (Å²) in [6.45, 7) is 0.986. The monoisotopic (exact) mass is 386 g/mol. The number of fused-ring (bicyclic) bond motifs is 1. The number of hydrogen-bond donors (Lipinski definition) is 0. The molecular formula is C15H14BrF3N4. The maximum absolute atomic E-state index is 13.1. The predicted octanol–water partition coefficient (Wildman–Crippen LogP) is 3.84. The average Bonchev–Trinajstić information content (AvgIpc) is 2.88. The van der Waals surface area contributed by atoms with E-state index in [2.05, 4.69) is 25.9 Å². The molecule has 0 amide bonds. The van der Waals surface area contributed by atoms with Gasteiger partial charge in [0.2, 0.25) is 5.95 Å². The van der Waals surface area contributed by atoms with Crippen molar-refractivity contribution in [3.63, 3.8) is 0 Å². The molecule has 0 atom stereocenters. The minimum absolute atomic E-state index is 0.0934. The highest BCUT2D eigenvalue weighted by atomic mass is 79.9. The Balaban J connectivity index is 1.99. The van der Waals surface area contributed by atoms with Crippen molar-refractivity contribution in [1.29, 1.82) is 0 Å². The van der Waals surface area contributed by atoms with Gasteiger partial charge in [-0.2, -0.15) is 18.2 Å². The summed E-state index contributed by atoms with van der Waals surface area (Å²) in [5.74, 6) is 0.329. The van der Waals surface area contributed by atoms with Crippen LogP contribution in [0.5, 0.6) is 0 Å². The first-order valence-electron chi connectivity index (χ1n) is 6.90. The van der Waals surface area contributed by atoms with Crippen molar-refractivity contribution in [1.82, 2.24) is 9.97 Å². The summed E-state index contributed by atoms with van der Waals surface area (Å²) in [4.78, 5) is 11.3. The van der Waals surface area contributed by atoms with Gasteiger partial charge in [0.15, 0.2) is 5.69 Å². The van der Waals surface area contributed by atoms with Gasteiger partial charge in [-0.15, -0.1) is 0 Å². The molecule has 23 heavy (non-hydrogen) atoms. The molecule has 0 fully saturated rings. The molecule has 1 aromatic heterocycles. The summed E-state index contributed by atoms with van der Waals surface area (Å²) in [7, 11) is 3.31. The quantitative estimate of drug-likeness (QED) is 0.784. The lowest BCUT2D eigenvalue weighted by Crippen LogP contribution is -2.22. The topological polar surface area (TPSA) is 32.3 Å². The Bertz CT molecular complexity index is 746. The number of halogens is 4. The highest BCUT2D eigenvalue weighted by Crippen LogP contribution is 2.33. The molecule has 0 radical (unpaired) electrons. The normalized spacial score (nSPS) is 14.1. The van der Waals surface area contributed by atoms with Crippen LogP contribution < -0.4 is 9.80 Å². The zero-order chi connectivity index (χ0) is 16.8. The second-order valence-corrected chi connectivity index (χ2v) is 6.49. The molecule has 0 aliphatic carbocycles. The molecule has 0 N–H and O–H groups in total. The van der Waals surface area contributed by atoms with E-state index in [0.29, 0.717) is 13.1 Å². The third kappa shape index (κ3) is 3.26. The Morgan fingerprint density at radius 2 is 1.78 bits per heavy atom. The molecule has 8 heteroatoms. The molecule has 0 saturated heterocycles. The van der Waals surface area contributed by atoms with Gasteiger partial charge >= 0.3 is 6.18 Å². The highest BCUT2D eigenvalue weighted by molar-refractivity contribution is 9.10. The van der Waals surface area contributed by atoms with Crippen LogP contribution in [-0.2, 0) is 19.3 Å². The van der Waals surface area contributed by atoms with Crippen molar-refractivity contribution in [2.75, 3.05) is 23.9 Å². The van der Waals surface area contributed by atoms with Gasteiger partial charge < -0.3 is 9.80 Å². The first-order chi connectivity index (χ1) is 10.7. The van der Waals surface area contributed by atoms with Gasteiger partial charge in [-0.25, -0.2) is 4.98 Å². The zero-order valence-electron chi connectivity index (χ0n) is 12.5. The molecule has 0 spiro atoms. The zero-order valence-corrected chi connectivity index (χ0v) is 14.1. The standard InChI is InChI=1S/C15H14BrF3N4/c1-22(2)13-6-12(15(17,18)19)20-14(21-13)23-7-9-3-4-11(16)5-10(9)8-23/h3-6H,7-8H2,1-2H3. The molecule has 3 rings (SSSR count). The van der Waals surface area contributed by atoms with Crippen LogP contribution in [-0.4, -0.2) is 24.1 Å². The molecule has 2 aromatic rings. The van der Waals surface area contributed by atoms with E-state index in [4.69, 9.17) is 0 Å². The number of benzene rings is 1. The van der Waals surface area contributed by atoms with E-state index in [1.54, 1.807) is 23.9 Å². The Morgan fingerprint density at radius 3 is 2.43 bits per heavy atom. The Morgan fingerprint density at radius 1 is 1.09 bits per heavy atom. The fraction of sp³-hybridized carbons (Fsp3) is 0.333. The number of rotatable bonds is 2. The lowest BCUT2D eigenvalue weighted by Gasteiger charge is -2.20. The van der Waals surface area contributed by atoms with Crippen LogP contribution in [0.2, 0.25) is 0 Å². The van der Waals surface area contributed by atoms with Gasteiger partial charge in [0, 0.05) is 37.7 Å². The van der Waals surface area contributed by atoms with Crippen LogP contribution in [0.15, 0.2) is 28.7 Å². The smallest absolute Gasteiger partial charge is 0.363 e. The highest BCUT2D eigenvalue weighted by Gasteiger charge is 2.35. The largest absolute Gasteiger partial charge is 0.433 e. The predicted molar refractivity (Wildman–Crippen MR) is 85.4 cm³/mol. The second kappa shape index (κ2) is 5.67. The SMILES string of the molecule is CN(C)c1cc(C(F)(F)F)nc(N2Cc3ccc(Br)cc3C2)n1. The summed E-state index contributed by atoms with van der Waals surface area (Å²) in [6, 6.07) is 6.81. The fourth-order valence-electron chi connectivity index (χ4n) is 2.44. The van der Waals surface area contributed by atoms with Gasteiger partial charge in [-0.1, -0.05) is 22.0 Å². The molecule has 4 nitrogen and oxygen atoms in total. The molecule has 0 unspecified atom stereocenters. The van der Waals surface area contributed by atoms with E-state index in [-0.39, 0.29) is 11.8 Å². The minimum atomic E-state index is -4.50. The van der Waals surface area contributed by atoms with Gasteiger partial charge in [0.1, 0.15) is 5.82 Å². The Hall–Kier alpha value is -1.83. The third-order valence-corrected chi connectivity index (χ3v) is 4.12. The van der Waals surface area contributed by atoms with Crippen LogP contribution >= 0.6 is 15.9 Å². The first-order valence-corrected chi connectivity index (χ1v) is 7.69. The van der Waals surface area contributed by atoms with E-state index in [1.165, 1.54) is 0 Å². The van der Waals surface area contributed by atoms with Crippen LogP contribution in [0, 0.1) is 0 Å². The lowest BCUT2D eigenvalue weighted by molar-refractivity contribution is -0.141. The molecule has 0 saturated carbocycles. The van der Waals surface area contributed by atoms with Crippen LogP contribution in [0.3, 0.4) is 0 Å². The van der Waals surface area contributed by atoms with E-state index in [0.717, 1.165) is 21.7 Å². The second-order valence-electron chi connectivity index (χ2n) is 5.57. The number of aromatic nitrogens is 2. The number of anilines is 2. The molecule has 2 heterocycles. The van der Waals surface area contributed by atoms with Crippen molar-refractivity contribution in [2.45, 2.75) is 19.3 Å². The van der Waals surface area contributed by atoms with Crippen LogP contribution in [0.4, 0.5) is 24.9 Å². The van der Waals surface area contributed by atoms with E-state index in [1.807, 2.05) is 18.2 Å². The Labute approximate surface area is 140 Å². The van der Waals surface area contributed by atoms with Crippen molar-refractivity contribution in [3.8, 4) is 0 Å². The van der Waals surface area contributed by atoms with Gasteiger partial charge in [-0.3, -0.25) is 0 Å². The molecule has 1 aromatic carbocycles. The third-order valence-electron chi connectivity index (χ3n) is 3.62. The van der Waals surface area contributed by atoms with E-state index in [9.17, 15) is 13.2 Å². The van der Waals surface area contributed by atoms with Gasteiger partial charge in [0.25, 0.3) is 0 Å². The molecule has 122 valence electrons.